The number of benzene rings is 5. The lowest BCUT2D eigenvalue weighted by atomic mass is 10.2. The second kappa shape index (κ2) is 54.7. The first-order valence-corrected chi connectivity index (χ1v) is 42.1. The van der Waals surface area contributed by atoms with Gasteiger partial charge in [-0.15, -0.1) is 40.8 Å². The molecule has 3 aliphatic rings. The number of nitrogens with one attached hydrogen (secondary N) is 3. The molecule has 0 fully saturated rings. The monoisotopic (exact) mass is 1900 g/mol. The molecule has 11 N–H and O–H groups in total. The number of methoxy groups -OCH3 is 3. The van der Waals surface area contributed by atoms with E-state index in [0.717, 1.165) is 120 Å². The number of hydrogen-bond acceptors (Lipinski definition) is 39. The van der Waals surface area contributed by atoms with Crippen molar-refractivity contribution in [2.45, 2.75) is 71.2 Å². The van der Waals surface area contributed by atoms with Crippen molar-refractivity contribution in [1.82, 2.24) is 125 Å². The minimum atomic E-state index is -1.08. The number of halogens is 4. The minimum absolute atomic E-state index is 0.192. The van der Waals surface area contributed by atoms with Gasteiger partial charge in [0.1, 0.15) is 17.9 Å². The number of hydrogen-bond donors (Lipinski definition) is 8. The number of nitrogens with zero attached hydrogens (tertiary/aromatic N) is 25. The standard InChI is InChI=1S/C18H18N6O2.C16H15N7O2.C11H7ClN4.C11H12N4.C10H14O3.C8H10N2O4S.C4H2Cl2N2.C4H5ClN4.C2H6O.H4N2/c1-2-26-17(25)14-10-19-18(20-11-14)23-8-9-24-15(12-23)21-22-16(24)13-6-4-3-5-7-13;24-15(21-25)12-8-17-16(18-9-12)22-6-7-23-13(10-22)19-20-14(23)11-4-2-1-3-5-11;12-9-11-15-14-10(16(11)7-6-13-9)8-4-2-1-3-5-8;1-2-4-9(5-3-1)11-14-13-10-8-12-6-7-15(10)11;1-11-10(12-2,13-3)9-7-5-4-6-8-9;1-3-13-7(11)6-4-9-8(10-5-6)15-14-12-2;5-3-4(6)8-2-1-7-3;5-3-4(9-6)8-2-1-7-3;1-2-3;1-2/h3-7,10-11H,2,8-9,12H2,1H3;1-5,8-9,25H,6-7,10H2,(H,21,24);1-7H;1-5,12H,6-8H2;4-8H,1-3H3;4-5H,3H2,1-2H3;1-2H;1-2H,6H2,(H,8,9);3H,2H2,1H3;1-2H2. The van der Waals surface area contributed by atoms with Gasteiger partial charge in [-0.25, -0.2) is 80.6 Å². The van der Waals surface area contributed by atoms with Crippen LogP contribution in [0.3, 0.4) is 0 Å². The molecule has 3 aliphatic heterocycles. The molecular weight excluding hydrogens is 1810 g/mol. The molecule has 18 rings (SSSR count). The quantitative estimate of drug-likeness (QED) is 0.00545. The summed E-state index contributed by atoms with van der Waals surface area (Å²) in [5.41, 5.74) is 10.3. The third-order valence-electron chi connectivity index (χ3n) is 17.9. The van der Waals surface area contributed by atoms with Gasteiger partial charge < -0.3 is 63.0 Å². The summed E-state index contributed by atoms with van der Waals surface area (Å²) >= 11 is 23.1. The van der Waals surface area contributed by atoms with Gasteiger partial charge in [-0.2, -0.15) is 4.33 Å². The van der Waals surface area contributed by atoms with Crippen LogP contribution in [0.25, 0.3) is 51.2 Å². The van der Waals surface area contributed by atoms with Crippen molar-refractivity contribution in [2.75, 3.05) is 83.1 Å². The van der Waals surface area contributed by atoms with Crippen molar-refractivity contribution in [3.63, 3.8) is 0 Å². The average molecular weight is 1900 g/mol. The maximum absolute atomic E-state index is 11.7. The molecule has 15 aromatic rings. The lowest BCUT2D eigenvalue weighted by molar-refractivity contribution is -0.364. The Balaban J connectivity index is 0.000000173. The predicted octanol–water partition coefficient (Wildman–Crippen LogP) is 10.3. The Bertz CT molecular complexity index is 5920. The zero-order valence-electron chi connectivity index (χ0n) is 72.2. The molecule has 0 saturated carbocycles. The lowest BCUT2D eigenvalue weighted by Gasteiger charge is -2.28. The third kappa shape index (κ3) is 29.2. The van der Waals surface area contributed by atoms with Crippen LogP contribution >= 0.6 is 58.4 Å². The fourth-order valence-electron chi connectivity index (χ4n) is 11.9. The fraction of sp³-hybridized carbons (Fsp3) is 0.238. The van der Waals surface area contributed by atoms with Gasteiger partial charge in [0.15, 0.2) is 67.0 Å². The van der Waals surface area contributed by atoms with E-state index in [1.807, 2.05) is 154 Å². The summed E-state index contributed by atoms with van der Waals surface area (Å²) < 4.78 is 38.0. The van der Waals surface area contributed by atoms with Crippen LogP contribution in [0, 0.1) is 0 Å². The van der Waals surface area contributed by atoms with Crippen LogP contribution in [0.2, 0.25) is 20.6 Å². The first-order valence-electron chi connectivity index (χ1n) is 39.8. The molecule has 0 saturated heterocycles. The van der Waals surface area contributed by atoms with Crippen molar-refractivity contribution in [3.8, 4) is 45.6 Å². The number of anilines is 3. The molecule has 0 atom stereocenters. The molecule has 690 valence electrons. The Morgan fingerprint density at radius 3 is 1.26 bits per heavy atom. The highest BCUT2D eigenvalue weighted by Crippen LogP contribution is 2.29. The molecule has 0 unspecified atom stereocenters. The van der Waals surface area contributed by atoms with Gasteiger partial charge in [-0.05, 0) is 20.8 Å². The number of hydroxylamine groups is 1. The van der Waals surface area contributed by atoms with E-state index in [4.69, 9.17) is 86.2 Å². The highest BCUT2D eigenvalue weighted by molar-refractivity contribution is 7.94. The molecule has 0 aliphatic carbocycles. The Kier molecular flexibility index (Phi) is 42.3. The van der Waals surface area contributed by atoms with E-state index in [1.165, 1.54) is 69.1 Å². The zero-order valence-corrected chi connectivity index (χ0v) is 76.0. The van der Waals surface area contributed by atoms with Crippen molar-refractivity contribution in [3.05, 3.63) is 286 Å². The summed E-state index contributed by atoms with van der Waals surface area (Å²) in [6.07, 6.45) is 17.9. The summed E-state index contributed by atoms with van der Waals surface area (Å²) in [5, 5.41) is 54.8. The van der Waals surface area contributed by atoms with Crippen LogP contribution < -0.4 is 43.6 Å². The van der Waals surface area contributed by atoms with Crippen molar-refractivity contribution in [2.24, 2.45) is 17.5 Å². The number of hydrazine groups is 2. The number of fused-ring (bicyclic) bond motifs is 4. The van der Waals surface area contributed by atoms with Crippen LogP contribution in [0.15, 0.2) is 231 Å². The maximum Gasteiger partial charge on any atom is 0.341 e. The molecule has 0 radical (unpaired) electrons. The van der Waals surface area contributed by atoms with E-state index >= 15 is 0 Å². The summed E-state index contributed by atoms with van der Waals surface area (Å²) in [6, 6.07) is 49.5. The minimum Gasteiger partial charge on any atom is -0.462 e. The van der Waals surface area contributed by atoms with E-state index in [2.05, 4.69) is 153 Å². The fourth-order valence-corrected chi connectivity index (χ4v) is 12.8. The number of amides is 1. The molecular formula is C84H93Cl4N31O12S. The van der Waals surface area contributed by atoms with Crippen LogP contribution in [-0.4, -0.2) is 210 Å². The lowest BCUT2D eigenvalue weighted by Crippen LogP contribution is -2.35. The third-order valence-corrected chi connectivity index (χ3v) is 19.7. The van der Waals surface area contributed by atoms with Gasteiger partial charge in [0.05, 0.1) is 56.6 Å². The van der Waals surface area contributed by atoms with E-state index in [9.17, 15) is 14.4 Å². The topological polar surface area (TPSA) is 541 Å². The SMILES string of the molecule is CCO.CCOC(=O)c1cnc(N2CCn3c(nnc3-c3ccccc3)C2)nc1.CCOC(=O)c1cnc(SOOC)nc1.COC(OC)(OC)c1ccccc1.Clc1nccn2c(-c3ccccc3)nnc12.Clc1nccnc1Cl.NN.NNc1nccnc1Cl.O=C(NO)c1cnc(N2CCn3c(nnc3-c3ccccc3)C2)nc1.c1ccc(-c2nnc3n2CCNC3)cc1. The number of carbonyl (C=O) groups excluding carboxylic acids is 3. The van der Waals surface area contributed by atoms with E-state index in [1.54, 1.807) is 60.0 Å². The first kappa shape index (κ1) is 102. The summed E-state index contributed by atoms with van der Waals surface area (Å²) in [5.74, 6) is 18.1. The van der Waals surface area contributed by atoms with Crippen LogP contribution in [0.5, 0.6) is 0 Å². The summed E-state index contributed by atoms with van der Waals surface area (Å²) in [4.78, 5) is 86.0. The van der Waals surface area contributed by atoms with Gasteiger partial charge in [0.2, 0.25) is 17.1 Å². The maximum atomic E-state index is 11.7. The predicted molar refractivity (Wildman–Crippen MR) is 490 cm³/mol. The van der Waals surface area contributed by atoms with Crippen molar-refractivity contribution >= 4 is 99.7 Å². The van der Waals surface area contributed by atoms with Gasteiger partial charge in [0, 0.05) is 169 Å². The number of aliphatic hydroxyl groups excluding tert-OH is 1. The Morgan fingerprint density at radius 1 is 0.470 bits per heavy atom. The molecule has 1 amide bonds. The number of esters is 2. The van der Waals surface area contributed by atoms with Crippen molar-refractivity contribution in [1.29, 1.82) is 0 Å². The normalized spacial score (nSPS) is 11.8. The van der Waals surface area contributed by atoms with E-state index in [-0.39, 0.29) is 27.6 Å². The Labute approximate surface area is 780 Å². The zero-order chi connectivity index (χ0) is 94.4. The number of nitrogen functional groups attached to an aromatic ring is 1. The second-order valence-electron chi connectivity index (χ2n) is 26.0. The molecule has 0 spiro atoms. The summed E-state index contributed by atoms with van der Waals surface area (Å²) in [6.45, 7) is 12.8. The summed E-state index contributed by atoms with van der Waals surface area (Å²) in [7, 11) is 6.00. The molecule has 13 heterocycles. The Hall–Kier alpha value is -13.7. The van der Waals surface area contributed by atoms with Gasteiger partial charge in [-0.1, -0.05) is 198 Å². The van der Waals surface area contributed by atoms with E-state index in [0.29, 0.717) is 77.6 Å². The number of nitrogens with two attached hydrogens (primary N) is 3. The van der Waals surface area contributed by atoms with Gasteiger partial charge in [-0.3, -0.25) is 26.1 Å². The highest BCUT2D eigenvalue weighted by Gasteiger charge is 2.32. The van der Waals surface area contributed by atoms with Crippen LogP contribution in [0.1, 0.15) is 74.9 Å². The first-order chi connectivity index (χ1) is 64.4. The molecule has 48 heteroatoms. The molecule has 132 heavy (non-hydrogen) atoms. The van der Waals surface area contributed by atoms with Gasteiger partial charge >= 0.3 is 17.9 Å². The number of aliphatic hydroxyl groups is 1. The molecule has 10 aromatic heterocycles. The number of carbonyl (C=O) groups is 3. The van der Waals surface area contributed by atoms with Gasteiger partial charge in [0.25, 0.3) is 5.91 Å². The molecule has 0 bridgehead atoms. The average Bonchev–Trinajstić information content (AvgIpc) is 1.65. The van der Waals surface area contributed by atoms with Crippen molar-refractivity contribution < 1.29 is 57.6 Å². The molecule has 5 aromatic carbocycles. The highest BCUT2D eigenvalue weighted by atomic mass is 35.5. The second-order valence-corrected chi connectivity index (χ2v) is 28.1. The van der Waals surface area contributed by atoms with Crippen LogP contribution in [0.4, 0.5) is 17.7 Å². The smallest absolute Gasteiger partial charge is 0.341 e. The van der Waals surface area contributed by atoms with Crippen LogP contribution in [-0.2, 0) is 78.1 Å². The number of aromatic nitrogens is 23. The van der Waals surface area contributed by atoms with E-state index < -0.39 is 23.8 Å². The molecule has 43 nitrogen and oxygen atoms in total. The largest absolute Gasteiger partial charge is 0.462 e. The Morgan fingerprint density at radius 2 is 0.856 bits per heavy atom. The number of rotatable bonds is 19. The number of ether oxygens (including phenoxy) is 5.